The minimum absolute atomic E-state index is 0.261. The number of halogens is 1. The molecule has 3 rings (SSSR count). The highest BCUT2D eigenvalue weighted by Crippen LogP contribution is 2.23. The molecule has 0 spiro atoms. The average molecular weight is 423 g/mol. The van der Waals surface area contributed by atoms with Crippen molar-refractivity contribution in [2.45, 2.75) is 20.8 Å². The Morgan fingerprint density at radius 3 is 2.64 bits per heavy atom. The molecule has 0 bridgehead atoms. The van der Waals surface area contributed by atoms with Crippen LogP contribution in [0.1, 0.15) is 37.2 Å². The summed E-state index contributed by atoms with van der Waals surface area (Å²) in [5.41, 5.74) is 2.08. The lowest BCUT2D eigenvalue weighted by atomic mass is 10.1. The van der Waals surface area contributed by atoms with E-state index in [0.29, 0.717) is 22.0 Å². The molecule has 0 saturated heterocycles. The lowest BCUT2D eigenvalue weighted by molar-refractivity contribution is 0.0479. The number of hydrogen-bond donors (Lipinski definition) is 0. The highest BCUT2D eigenvalue weighted by Gasteiger charge is 2.20. The zero-order valence-electron chi connectivity index (χ0n) is 13.8. The molecule has 25 heavy (non-hydrogen) atoms. The summed E-state index contributed by atoms with van der Waals surface area (Å²) in [5.74, 6) is 0.534. The molecule has 0 amide bonds. The van der Waals surface area contributed by atoms with Crippen molar-refractivity contribution in [2.24, 2.45) is 0 Å². The molecular formula is C17H15BrN2O4S. The van der Waals surface area contributed by atoms with Gasteiger partial charge in [0.2, 0.25) is 5.78 Å². The normalized spacial score (nSPS) is 10.9. The number of nitrogens with zero attached hydrogens (tertiary/aromatic N) is 2. The predicted octanol–water partition coefficient (Wildman–Crippen LogP) is 4.25. The number of aryl methyl sites for hydroxylation is 2. The Bertz CT molecular complexity index is 954. The first-order valence-corrected chi connectivity index (χ1v) is 9.06. The standard InChI is InChI=1S/C17H15BrN2O4S/c1-9-6-12(11(3)20(9)16-7-10(2)24-19-16)13(21)8-23-17(22)14-4-5-15(18)25-14/h4-7H,8H2,1-3H3. The molecule has 0 aromatic carbocycles. The maximum absolute atomic E-state index is 12.5. The lowest BCUT2D eigenvalue weighted by Crippen LogP contribution is -2.14. The predicted molar refractivity (Wildman–Crippen MR) is 96.7 cm³/mol. The van der Waals surface area contributed by atoms with Gasteiger partial charge in [-0.3, -0.25) is 9.36 Å². The van der Waals surface area contributed by atoms with Crippen LogP contribution in [0.25, 0.3) is 5.82 Å². The summed E-state index contributed by atoms with van der Waals surface area (Å²) in [6.07, 6.45) is 0. The quantitative estimate of drug-likeness (QED) is 0.453. The molecule has 0 N–H and O–H groups in total. The van der Waals surface area contributed by atoms with Crippen molar-refractivity contribution >= 4 is 39.0 Å². The second-order valence-electron chi connectivity index (χ2n) is 5.52. The van der Waals surface area contributed by atoms with Gasteiger partial charge < -0.3 is 9.26 Å². The molecule has 3 aromatic heterocycles. The van der Waals surface area contributed by atoms with E-state index in [1.807, 2.05) is 18.4 Å². The molecular weight excluding hydrogens is 408 g/mol. The van der Waals surface area contributed by atoms with Gasteiger partial charge in [0, 0.05) is 23.0 Å². The van der Waals surface area contributed by atoms with Crippen molar-refractivity contribution in [3.63, 3.8) is 0 Å². The fourth-order valence-corrected chi connectivity index (χ4v) is 3.84. The Hall–Kier alpha value is -2.19. The maximum Gasteiger partial charge on any atom is 0.348 e. The molecule has 0 aliphatic rings. The van der Waals surface area contributed by atoms with Crippen LogP contribution in [0.3, 0.4) is 0 Å². The molecule has 130 valence electrons. The van der Waals surface area contributed by atoms with Crippen LogP contribution in [0.5, 0.6) is 0 Å². The maximum atomic E-state index is 12.5. The monoisotopic (exact) mass is 422 g/mol. The topological polar surface area (TPSA) is 74.3 Å². The van der Waals surface area contributed by atoms with Gasteiger partial charge in [-0.1, -0.05) is 5.16 Å². The number of Topliss-reactive ketones (excluding diaryl/α,β-unsaturated/α-hetero) is 1. The first-order valence-electron chi connectivity index (χ1n) is 7.45. The average Bonchev–Trinajstić information content (AvgIpc) is 3.25. The van der Waals surface area contributed by atoms with Crippen LogP contribution in [-0.4, -0.2) is 28.1 Å². The molecule has 0 aliphatic carbocycles. The zero-order chi connectivity index (χ0) is 18.1. The summed E-state index contributed by atoms with van der Waals surface area (Å²) in [6.45, 7) is 5.20. The summed E-state index contributed by atoms with van der Waals surface area (Å²) in [4.78, 5) is 24.9. The van der Waals surface area contributed by atoms with Crippen LogP contribution < -0.4 is 0 Å². The van der Waals surface area contributed by atoms with Crippen molar-refractivity contribution in [3.8, 4) is 5.82 Å². The van der Waals surface area contributed by atoms with E-state index in [-0.39, 0.29) is 12.4 Å². The highest BCUT2D eigenvalue weighted by atomic mass is 79.9. The molecule has 8 heteroatoms. The van der Waals surface area contributed by atoms with Crippen LogP contribution in [0, 0.1) is 20.8 Å². The Balaban J connectivity index is 1.76. The van der Waals surface area contributed by atoms with Gasteiger partial charge in [0.15, 0.2) is 12.4 Å². The third-order valence-electron chi connectivity index (χ3n) is 3.68. The minimum atomic E-state index is -0.509. The summed E-state index contributed by atoms with van der Waals surface area (Å²) in [7, 11) is 0. The summed E-state index contributed by atoms with van der Waals surface area (Å²) >= 11 is 4.55. The molecule has 0 saturated carbocycles. The largest absolute Gasteiger partial charge is 0.453 e. The molecule has 0 atom stereocenters. The van der Waals surface area contributed by atoms with Crippen molar-refractivity contribution < 1.29 is 18.8 Å². The summed E-state index contributed by atoms with van der Waals surface area (Å²) in [6, 6.07) is 6.97. The van der Waals surface area contributed by atoms with E-state index >= 15 is 0 Å². The number of ketones is 1. The molecule has 0 fully saturated rings. The molecule has 3 heterocycles. The van der Waals surface area contributed by atoms with Crippen LogP contribution in [0.2, 0.25) is 0 Å². The highest BCUT2D eigenvalue weighted by molar-refractivity contribution is 9.11. The Labute approximate surface area is 156 Å². The number of carbonyl (C=O) groups is 2. The first-order chi connectivity index (χ1) is 11.9. The number of hydrogen-bond acceptors (Lipinski definition) is 6. The van der Waals surface area contributed by atoms with Gasteiger partial charge in [-0.15, -0.1) is 11.3 Å². The minimum Gasteiger partial charge on any atom is -0.453 e. The van der Waals surface area contributed by atoms with Gasteiger partial charge in [0.1, 0.15) is 10.6 Å². The third kappa shape index (κ3) is 3.59. The molecule has 0 radical (unpaired) electrons. The van der Waals surface area contributed by atoms with E-state index in [0.717, 1.165) is 15.2 Å². The third-order valence-corrected chi connectivity index (χ3v) is 5.29. The van der Waals surface area contributed by atoms with E-state index in [1.165, 1.54) is 11.3 Å². The Kier molecular flexibility index (Phi) is 4.91. The van der Waals surface area contributed by atoms with Crippen LogP contribution in [-0.2, 0) is 4.74 Å². The van der Waals surface area contributed by atoms with Crippen LogP contribution in [0.15, 0.2) is 32.6 Å². The Morgan fingerprint density at radius 1 is 1.28 bits per heavy atom. The molecule has 0 aliphatic heterocycles. The summed E-state index contributed by atoms with van der Waals surface area (Å²) < 4.78 is 12.9. The van der Waals surface area contributed by atoms with E-state index in [1.54, 1.807) is 31.2 Å². The van der Waals surface area contributed by atoms with Crippen molar-refractivity contribution in [3.05, 3.63) is 55.6 Å². The molecule has 3 aromatic rings. The second-order valence-corrected chi connectivity index (χ2v) is 7.98. The van der Waals surface area contributed by atoms with Gasteiger partial charge in [-0.2, -0.15) is 0 Å². The fraction of sp³-hybridized carbons (Fsp3) is 0.235. The Morgan fingerprint density at radius 2 is 2.04 bits per heavy atom. The number of esters is 1. The number of carbonyl (C=O) groups excluding carboxylic acids is 2. The number of rotatable bonds is 5. The van der Waals surface area contributed by atoms with Gasteiger partial charge in [0.05, 0.1) is 3.79 Å². The van der Waals surface area contributed by atoms with Crippen molar-refractivity contribution in [2.75, 3.05) is 6.61 Å². The van der Waals surface area contributed by atoms with Gasteiger partial charge in [-0.25, -0.2) is 4.79 Å². The van der Waals surface area contributed by atoms with E-state index in [4.69, 9.17) is 9.26 Å². The second kappa shape index (κ2) is 6.97. The van der Waals surface area contributed by atoms with Crippen molar-refractivity contribution in [1.29, 1.82) is 0 Å². The van der Waals surface area contributed by atoms with E-state index < -0.39 is 5.97 Å². The fourth-order valence-electron chi connectivity index (χ4n) is 2.56. The van der Waals surface area contributed by atoms with Crippen LogP contribution >= 0.6 is 27.3 Å². The van der Waals surface area contributed by atoms with E-state index in [2.05, 4.69) is 21.1 Å². The van der Waals surface area contributed by atoms with Gasteiger partial charge in [-0.05, 0) is 54.9 Å². The number of aromatic nitrogens is 2. The zero-order valence-corrected chi connectivity index (χ0v) is 16.2. The first kappa shape index (κ1) is 17.6. The smallest absolute Gasteiger partial charge is 0.348 e. The number of thiophene rings is 1. The van der Waals surface area contributed by atoms with Crippen LogP contribution in [0.4, 0.5) is 0 Å². The van der Waals surface area contributed by atoms with E-state index in [9.17, 15) is 9.59 Å². The molecule has 0 unspecified atom stereocenters. The van der Waals surface area contributed by atoms with Gasteiger partial charge in [0.25, 0.3) is 0 Å². The SMILES string of the molecule is Cc1cc(-n2c(C)cc(C(=O)COC(=O)c3ccc(Br)s3)c2C)no1. The lowest BCUT2D eigenvalue weighted by Gasteiger charge is -2.05. The number of ether oxygens (including phenoxy) is 1. The molecule has 6 nitrogen and oxygen atoms in total. The van der Waals surface area contributed by atoms with Gasteiger partial charge >= 0.3 is 5.97 Å². The van der Waals surface area contributed by atoms with Crippen molar-refractivity contribution in [1.82, 2.24) is 9.72 Å². The summed E-state index contributed by atoms with van der Waals surface area (Å²) in [5, 5.41) is 3.98.